The molecule has 1 heterocycles. The first kappa shape index (κ1) is 13.5. The maximum absolute atomic E-state index is 10.8. The molecule has 100 valence electrons. The predicted octanol–water partition coefficient (Wildman–Crippen LogP) is 2.93. The van der Waals surface area contributed by atoms with E-state index in [0.29, 0.717) is 17.6 Å². The summed E-state index contributed by atoms with van der Waals surface area (Å²) < 4.78 is 10.6. The van der Waals surface area contributed by atoms with Gasteiger partial charge >= 0.3 is 5.97 Å². The topological polar surface area (TPSA) is 72.6 Å². The van der Waals surface area contributed by atoms with Crippen molar-refractivity contribution in [1.82, 2.24) is 4.98 Å². The Bertz CT molecular complexity index is 527. The Hall–Kier alpha value is -1.95. The molecule has 0 saturated carbocycles. The normalized spacial score (nSPS) is 10.3. The van der Waals surface area contributed by atoms with Crippen LogP contribution in [0.3, 0.4) is 0 Å². The third-order valence-corrected chi connectivity index (χ3v) is 3.21. The first-order valence-corrected chi connectivity index (χ1v) is 6.73. The highest BCUT2D eigenvalue weighted by molar-refractivity contribution is 7.99. The predicted molar refractivity (Wildman–Crippen MR) is 70.7 cm³/mol. The summed E-state index contributed by atoms with van der Waals surface area (Å²) in [6, 6.07) is 6.46. The third kappa shape index (κ3) is 4.33. The molecule has 5 nitrogen and oxygen atoms in total. The number of thioether (sulfide) groups is 1. The van der Waals surface area contributed by atoms with Crippen LogP contribution < -0.4 is 4.74 Å². The average Bonchev–Trinajstić information content (AvgIpc) is 2.92. The lowest BCUT2D eigenvalue weighted by Crippen LogP contribution is -2.01. The summed E-state index contributed by atoms with van der Waals surface area (Å²) in [7, 11) is 0. The molecule has 0 aliphatic carbocycles. The molecule has 0 aliphatic rings. The minimum atomic E-state index is -0.954. The minimum Gasteiger partial charge on any atom is -0.494 e. The Balaban J connectivity index is 1.70. The number of nitrogens with zero attached hydrogens (tertiary/aromatic N) is 1. The van der Waals surface area contributed by atoms with Gasteiger partial charge in [-0.25, -0.2) is 9.78 Å². The van der Waals surface area contributed by atoms with Crippen LogP contribution in [0.4, 0.5) is 0 Å². The van der Waals surface area contributed by atoms with E-state index in [1.165, 1.54) is 30.2 Å². The number of hydrogen-bond acceptors (Lipinski definition) is 5. The lowest BCUT2D eigenvalue weighted by molar-refractivity contribution is 0.0696. The lowest BCUT2D eigenvalue weighted by Gasteiger charge is -2.06. The van der Waals surface area contributed by atoms with Crippen molar-refractivity contribution in [3.05, 3.63) is 42.3 Å². The Morgan fingerprint density at radius 1 is 1.47 bits per heavy atom. The number of ether oxygens (including phenoxy) is 1. The molecule has 0 fully saturated rings. The molecule has 2 rings (SSSR count). The zero-order valence-corrected chi connectivity index (χ0v) is 10.9. The molecule has 6 heteroatoms. The second kappa shape index (κ2) is 6.84. The Morgan fingerprint density at radius 3 is 3.11 bits per heavy atom. The zero-order chi connectivity index (χ0) is 13.5. The van der Waals surface area contributed by atoms with E-state index >= 15 is 0 Å². The molecular formula is C13H13NO4S. The van der Waals surface area contributed by atoms with E-state index in [-0.39, 0.29) is 5.56 Å². The van der Waals surface area contributed by atoms with Crippen LogP contribution in [0, 0.1) is 0 Å². The quantitative estimate of drug-likeness (QED) is 0.620. The van der Waals surface area contributed by atoms with Crippen LogP contribution >= 0.6 is 11.8 Å². The maximum Gasteiger partial charge on any atom is 0.335 e. The van der Waals surface area contributed by atoms with Crippen molar-refractivity contribution >= 4 is 17.7 Å². The molecule has 0 radical (unpaired) electrons. The van der Waals surface area contributed by atoms with Crippen molar-refractivity contribution in [3.63, 3.8) is 0 Å². The SMILES string of the molecule is O=C(O)c1cccc(OCCCSc2ncco2)c1. The molecule has 0 bridgehead atoms. The fourth-order valence-electron chi connectivity index (χ4n) is 1.41. The number of aromatic nitrogens is 1. The van der Waals surface area contributed by atoms with E-state index in [1.807, 2.05) is 0 Å². The monoisotopic (exact) mass is 279 g/mol. The van der Waals surface area contributed by atoms with Gasteiger partial charge in [0.2, 0.25) is 0 Å². The first-order valence-electron chi connectivity index (χ1n) is 5.74. The number of hydrogen-bond donors (Lipinski definition) is 1. The van der Waals surface area contributed by atoms with Gasteiger partial charge in [0, 0.05) is 5.75 Å². The van der Waals surface area contributed by atoms with Crippen molar-refractivity contribution in [1.29, 1.82) is 0 Å². The Morgan fingerprint density at radius 2 is 2.37 bits per heavy atom. The smallest absolute Gasteiger partial charge is 0.335 e. The van der Waals surface area contributed by atoms with Gasteiger partial charge in [0.1, 0.15) is 12.0 Å². The standard InChI is InChI=1S/C13H13NO4S/c15-12(16)10-3-1-4-11(9-10)17-6-2-8-19-13-14-5-7-18-13/h1,3-5,7,9H,2,6,8H2,(H,15,16). The lowest BCUT2D eigenvalue weighted by atomic mass is 10.2. The van der Waals surface area contributed by atoms with Gasteiger partial charge in [-0.05, 0) is 24.6 Å². The van der Waals surface area contributed by atoms with Gasteiger partial charge in [-0.2, -0.15) is 0 Å². The third-order valence-electron chi connectivity index (χ3n) is 2.27. The van der Waals surface area contributed by atoms with Gasteiger partial charge in [0.05, 0.1) is 18.4 Å². The maximum atomic E-state index is 10.8. The summed E-state index contributed by atoms with van der Waals surface area (Å²) in [5.41, 5.74) is 0.228. The molecular weight excluding hydrogens is 266 g/mol. The molecule has 0 atom stereocenters. The van der Waals surface area contributed by atoms with Crippen LogP contribution in [0.5, 0.6) is 5.75 Å². The van der Waals surface area contributed by atoms with Crippen molar-refractivity contribution in [2.75, 3.05) is 12.4 Å². The number of carboxylic acids is 1. The van der Waals surface area contributed by atoms with Gasteiger partial charge < -0.3 is 14.3 Å². The van der Waals surface area contributed by atoms with Gasteiger partial charge in [0.25, 0.3) is 5.22 Å². The number of rotatable bonds is 7. The number of oxazole rings is 1. The van der Waals surface area contributed by atoms with Crippen molar-refractivity contribution in [2.24, 2.45) is 0 Å². The molecule has 0 aliphatic heterocycles. The molecule has 1 aromatic carbocycles. The van der Waals surface area contributed by atoms with Gasteiger partial charge in [0.15, 0.2) is 0 Å². The summed E-state index contributed by atoms with van der Waals surface area (Å²) in [4.78, 5) is 14.8. The summed E-state index contributed by atoms with van der Waals surface area (Å²) in [5, 5.41) is 9.49. The number of carboxylic acid groups (broad SMARTS) is 1. The minimum absolute atomic E-state index is 0.228. The molecule has 1 aromatic heterocycles. The molecule has 0 amide bonds. The van der Waals surface area contributed by atoms with E-state index in [0.717, 1.165) is 12.2 Å². The van der Waals surface area contributed by atoms with Crippen molar-refractivity contribution in [2.45, 2.75) is 11.6 Å². The molecule has 1 N–H and O–H groups in total. The number of carbonyl (C=O) groups is 1. The van der Waals surface area contributed by atoms with Crippen LogP contribution in [-0.2, 0) is 0 Å². The Kier molecular flexibility index (Phi) is 4.85. The highest BCUT2D eigenvalue weighted by atomic mass is 32.2. The Labute approximate surface area is 114 Å². The molecule has 0 spiro atoms. The zero-order valence-electron chi connectivity index (χ0n) is 10.1. The van der Waals surface area contributed by atoms with E-state index in [1.54, 1.807) is 18.3 Å². The van der Waals surface area contributed by atoms with Crippen LogP contribution in [0.15, 0.2) is 46.4 Å². The fourth-order valence-corrected chi connectivity index (χ4v) is 2.10. The summed E-state index contributed by atoms with van der Waals surface area (Å²) >= 11 is 1.52. The van der Waals surface area contributed by atoms with E-state index in [9.17, 15) is 4.79 Å². The largest absolute Gasteiger partial charge is 0.494 e. The highest BCUT2D eigenvalue weighted by Crippen LogP contribution is 2.17. The van der Waals surface area contributed by atoms with Gasteiger partial charge in [-0.3, -0.25) is 0 Å². The van der Waals surface area contributed by atoms with Crippen molar-refractivity contribution < 1.29 is 19.1 Å². The van der Waals surface area contributed by atoms with Crippen molar-refractivity contribution in [3.8, 4) is 5.75 Å². The second-order valence-electron chi connectivity index (χ2n) is 3.68. The van der Waals surface area contributed by atoms with Crippen LogP contribution in [0.25, 0.3) is 0 Å². The average molecular weight is 279 g/mol. The summed E-state index contributed by atoms with van der Waals surface area (Å²) in [5.74, 6) is 0.449. The highest BCUT2D eigenvalue weighted by Gasteiger charge is 2.04. The summed E-state index contributed by atoms with van der Waals surface area (Å²) in [6.45, 7) is 0.525. The summed E-state index contributed by atoms with van der Waals surface area (Å²) in [6.07, 6.45) is 3.97. The van der Waals surface area contributed by atoms with Gasteiger partial charge in [-0.1, -0.05) is 17.8 Å². The van der Waals surface area contributed by atoms with Crippen LogP contribution in [-0.4, -0.2) is 28.4 Å². The van der Waals surface area contributed by atoms with E-state index < -0.39 is 5.97 Å². The fraction of sp³-hybridized carbons (Fsp3) is 0.231. The first-order chi connectivity index (χ1) is 9.25. The van der Waals surface area contributed by atoms with E-state index in [4.69, 9.17) is 14.3 Å². The molecule has 19 heavy (non-hydrogen) atoms. The van der Waals surface area contributed by atoms with Gasteiger partial charge in [-0.15, -0.1) is 0 Å². The number of benzene rings is 1. The second-order valence-corrected chi connectivity index (χ2v) is 4.73. The molecule has 0 saturated heterocycles. The molecule has 0 unspecified atom stereocenters. The number of aromatic carboxylic acids is 1. The van der Waals surface area contributed by atoms with Crippen LogP contribution in [0.1, 0.15) is 16.8 Å². The van der Waals surface area contributed by atoms with Crippen LogP contribution in [0.2, 0.25) is 0 Å². The van der Waals surface area contributed by atoms with E-state index in [2.05, 4.69) is 4.98 Å². The molecule has 2 aromatic rings.